The molecule has 0 spiro atoms. The van der Waals surface area contributed by atoms with Crippen LogP contribution in [0.2, 0.25) is 0 Å². The highest BCUT2D eigenvalue weighted by molar-refractivity contribution is 6.09. The maximum Gasteiger partial charge on any atom is 0.255 e. The molecule has 320 valence electrons. The van der Waals surface area contributed by atoms with Crippen molar-refractivity contribution in [2.75, 3.05) is 0 Å². The molecule has 65 heavy (non-hydrogen) atoms. The largest absolute Gasteiger partial charge is 1.00 e. The van der Waals surface area contributed by atoms with Gasteiger partial charge in [0.25, 0.3) is 6.33 Å². The van der Waals surface area contributed by atoms with Gasteiger partial charge >= 0.3 is 0 Å². The number of halogens is 1. The van der Waals surface area contributed by atoms with Gasteiger partial charge in [-0.25, -0.2) is 9.97 Å². The molecule has 0 N–H and O–H groups in total. The van der Waals surface area contributed by atoms with Gasteiger partial charge in [0.05, 0.1) is 24.7 Å². The Labute approximate surface area is 398 Å². The minimum Gasteiger partial charge on any atom is -1.00 e. The highest BCUT2D eigenvalue weighted by Gasteiger charge is 2.28. The Morgan fingerprint density at radius 1 is 0.646 bits per heavy atom. The van der Waals surface area contributed by atoms with Gasteiger partial charge in [-0.2, -0.15) is 9.13 Å². The first kappa shape index (κ1) is 31.4. The first-order valence-electron chi connectivity index (χ1n) is 26.1. The number of pyridine rings is 1. The molecule has 11 aromatic rings. The normalized spacial score (nSPS) is 14.2. The number of rotatable bonds is 7. The van der Waals surface area contributed by atoms with Crippen molar-refractivity contribution in [2.24, 2.45) is 0 Å². The first-order chi connectivity index (χ1) is 35.1. The maximum atomic E-state index is 9.11. The van der Waals surface area contributed by atoms with Crippen molar-refractivity contribution in [1.29, 1.82) is 0 Å². The van der Waals surface area contributed by atoms with Gasteiger partial charge in [0.2, 0.25) is 5.89 Å². The highest BCUT2D eigenvalue weighted by atomic mass is 35.5. The van der Waals surface area contributed by atoms with Crippen LogP contribution in [0.3, 0.4) is 0 Å². The van der Waals surface area contributed by atoms with E-state index in [0.717, 1.165) is 33.2 Å². The molecule has 4 heterocycles. The highest BCUT2D eigenvalue weighted by Crippen LogP contribution is 2.41. The number of oxazole rings is 1. The van der Waals surface area contributed by atoms with E-state index in [0.29, 0.717) is 45.2 Å². The van der Waals surface area contributed by atoms with E-state index in [4.69, 9.17) is 32.8 Å². The number of aromatic nitrogens is 5. The average Bonchev–Trinajstić information content (AvgIpc) is 4.10. The summed E-state index contributed by atoms with van der Waals surface area (Å²) in [6.45, 7) is 12.6. The number of ether oxygens (including phenoxy) is 1. The molecular formula is C57H48ClN5O2. The molecule has 0 saturated carbocycles. The number of fused-ring (bicyclic) bond motifs is 5. The van der Waals surface area contributed by atoms with E-state index in [2.05, 4.69) is 43.5 Å². The average molecular weight is 881 g/mol. The molecule has 7 aromatic carbocycles. The molecule has 8 heteroatoms. The number of hydrogen-bond acceptors (Lipinski definition) is 4. The Morgan fingerprint density at radius 3 is 2.00 bits per heavy atom. The SMILES string of the molecule is [2H]c1c([2H])c([2H])c(-c2cccc(-c3c([2H])c([2H])c([2H])c([2H])c3[2H])c2-[n+]2cn(-c3cc(Oc4ccc5c6ccccc6n(-c6cc(C(C)(C)C)ccn6)c5c4)c4oc(C(C)(C)C)nc4c3)c3ccccc32)c([2H])c1[2H].[Cl-]. The lowest BCUT2D eigenvalue weighted by molar-refractivity contribution is -0.566. The van der Waals surface area contributed by atoms with E-state index in [1.165, 1.54) is 0 Å². The van der Waals surface area contributed by atoms with Crippen LogP contribution in [0.5, 0.6) is 11.5 Å². The third-order valence-corrected chi connectivity index (χ3v) is 11.5. The summed E-state index contributed by atoms with van der Waals surface area (Å²) < 4.78 is 107. The van der Waals surface area contributed by atoms with Crippen LogP contribution in [0.1, 0.15) is 66.7 Å². The molecule has 0 saturated heterocycles. The van der Waals surface area contributed by atoms with Gasteiger partial charge in [0.1, 0.15) is 28.5 Å². The molecule has 7 nitrogen and oxygen atoms in total. The van der Waals surface area contributed by atoms with Crippen LogP contribution in [-0.4, -0.2) is 19.1 Å². The molecule has 11 rings (SSSR count). The van der Waals surface area contributed by atoms with Crippen molar-refractivity contribution in [3.63, 3.8) is 0 Å². The molecule has 0 amide bonds. The van der Waals surface area contributed by atoms with Crippen molar-refractivity contribution in [1.82, 2.24) is 19.1 Å². The van der Waals surface area contributed by atoms with E-state index in [-0.39, 0.29) is 45.8 Å². The van der Waals surface area contributed by atoms with E-state index >= 15 is 0 Å². The van der Waals surface area contributed by atoms with Gasteiger partial charge in [-0.15, -0.1) is 0 Å². The van der Waals surface area contributed by atoms with E-state index in [9.17, 15) is 0 Å². The smallest absolute Gasteiger partial charge is 0.255 e. The number of benzene rings is 7. The Hall–Kier alpha value is -7.48. The Balaban J connectivity index is 0.00000641. The lowest BCUT2D eigenvalue weighted by Crippen LogP contribution is -3.00. The summed E-state index contributed by atoms with van der Waals surface area (Å²) in [6.07, 6.45) is 3.60. The van der Waals surface area contributed by atoms with Crippen LogP contribution < -0.4 is 21.7 Å². The quantitative estimate of drug-likeness (QED) is 0.150. The summed E-state index contributed by atoms with van der Waals surface area (Å²) in [5, 5.41) is 2.07. The predicted molar refractivity (Wildman–Crippen MR) is 259 cm³/mol. The fraction of sp³-hybridized carbons (Fsp3) is 0.140. The molecule has 0 bridgehead atoms. The topological polar surface area (TPSA) is 61.9 Å². The van der Waals surface area contributed by atoms with Crippen LogP contribution in [0.4, 0.5) is 0 Å². The van der Waals surface area contributed by atoms with Crippen LogP contribution in [-0.2, 0) is 10.8 Å². The number of imidazole rings is 1. The second-order valence-corrected chi connectivity index (χ2v) is 17.9. The second kappa shape index (κ2) is 15.9. The third kappa shape index (κ3) is 7.32. The van der Waals surface area contributed by atoms with E-state index < -0.39 is 65.8 Å². The molecule has 0 aliphatic rings. The lowest BCUT2D eigenvalue weighted by atomic mass is 9.88. The van der Waals surface area contributed by atoms with Gasteiger partial charge in [-0.1, -0.05) is 150 Å². The fourth-order valence-corrected chi connectivity index (χ4v) is 8.39. The monoisotopic (exact) mass is 879 g/mol. The zero-order valence-electron chi connectivity index (χ0n) is 46.5. The van der Waals surface area contributed by atoms with Crippen molar-refractivity contribution in [3.8, 4) is 50.9 Å². The maximum absolute atomic E-state index is 9.11. The number of para-hydroxylation sites is 4. The van der Waals surface area contributed by atoms with Gasteiger partial charge in [-0.3, -0.25) is 4.57 Å². The molecule has 4 aromatic heterocycles. The first-order valence-corrected chi connectivity index (χ1v) is 21.1. The van der Waals surface area contributed by atoms with Gasteiger partial charge < -0.3 is 21.6 Å². The number of nitrogens with zero attached hydrogens (tertiary/aromatic N) is 5. The predicted octanol–water partition coefficient (Wildman–Crippen LogP) is 11.3. The van der Waals surface area contributed by atoms with E-state index in [1.807, 2.05) is 104 Å². The summed E-state index contributed by atoms with van der Waals surface area (Å²) in [5.74, 6) is 2.13. The fourth-order valence-electron chi connectivity index (χ4n) is 8.39. The summed E-state index contributed by atoms with van der Waals surface area (Å²) >= 11 is 0. The van der Waals surface area contributed by atoms with E-state index in [1.54, 1.807) is 29.1 Å². The van der Waals surface area contributed by atoms with Crippen LogP contribution in [0.25, 0.3) is 83.4 Å². The summed E-state index contributed by atoms with van der Waals surface area (Å²) in [4.78, 5) is 9.87. The Morgan fingerprint density at radius 2 is 1.31 bits per heavy atom. The molecule has 0 aliphatic heterocycles. The summed E-state index contributed by atoms with van der Waals surface area (Å²) in [7, 11) is 0. The zero-order valence-corrected chi connectivity index (χ0v) is 37.2. The lowest BCUT2D eigenvalue weighted by Gasteiger charge is -2.20. The Kier molecular flexibility index (Phi) is 7.70. The number of hydrogen-bond donors (Lipinski definition) is 0. The van der Waals surface area contributed by atoms with Gasteiger partial charge in [0, 0.05) is 51.7 Å². The molecule has 0 fully saturated rings. The molecule has 0 radical (unpaired) electrons. The molecule has 0 aliphatic carbocycles. The summed E-state index contributed by atoms with van der Waals surface area (Å²) in [6, 6.07) is 29.1. The van der Waals surface area contributed by atoms with Crippen molar-refractivity contribution in [3.05, 3.63) is 194 Å². The second-order valence-electron chi connectivity index (χ2n) is 17.9. The van der Waals surface area contributed by atoms with Crippen LogP contribution in [0.15, 0.2) is 187 Å². The van der Waals surface area contributed by atoms with Crippen molar-refractivity contribution < 1.29 is 39.8 Å². The van der Waals surface area contributed by atoms with Crippen LogP contribution in [0, 0.1) is 0 Å². The minimum absolute atomic E-state index is 0. The minimum atomic E-state index is -0.572. The van der Waals surface area contributed by atoms with Crippen LogP contribution >= 0.6 is 0 Å². The molecular weight excluding hydrogens is 822 g/mol. The zero-order chi connectivity index (χ0) is 52.4. The van der Waals surface area contributed by atoms with Gasteiger partial charge in [-0.05, 0) is 64.6 Å². The van der Waals surface area contributed by atoms with Crippen molar-refractivity contribution >= 4 is 43.9 Å². The third-order valence-electron chi connectivity index (χ3n) is 11.5. The standard InChI is InChI=1S/C57H48N5O2.ClH/c1-56(2,3)39-30-31-58-52(32-39)62-47-25-14-13-22-44(47)45-29-28-41(35-50(45)62)63-51-34-40(33-46-54(51)64-55(59-46)57(4,5)6)60-36-61(49-27-16-15-26-48(49)60)53-42(37-18-9-7-10-19-37)23-17-24-43(53)38-20-11-8-12-21-38;/h7-36H,1-6H3;1H/q+1;/p-1/i7D,8D,9D,10D,11D,12D,18D,19D,20D,21D;. The Bertz CT molecular complexity index is 4030. The van der Waals surface area contributed by atoms with Gasteiger partial charge in [0.15, 0.2) is 22.4 Å². The van der Waals surface area contributed by atoms with Crippen molar-refractivity contribution in [2.45, 2.75) is 52.4 Å². The molecule has 0 unspecified atom stereocenters. The molecule has 0 atom stereocenters. The summed E-state index contributed by atoms with van der Waals surface area (Å²) in [5.41, 5.74) is 5.41.